The van der Waals surface area contributed by atoms with Gasteiger partial charge in [-0.15, -0.1) is 0 Å². The van der Waals surface area contributed by atoms with Crippen LogP contribution < -0.4 is 0 Å². The van der Waals surface area contributed by atoms with Gasteiger partial charge in [-0.2, -0.15) is 0 Å². The highest BCUT2D eigenvalue weighted by atomic mass is 16.7. The summed E-state index contributed by atoms with van der Waals surface area (Å²) in [5.74, 6) is 1.61. The Morgan fingerprint density at radius 1 is 0.833 bits per heavy atom. The van der Waals surface area contributed by atoms with Crippen LogP contribution in [0.4, 0.5) is 0 Å². The predicted octanol–water partition coefficient (Wildman–Crippen LogP) is 3.67. The molecule has 0 bridgehead atoms. The third-order valence-corrected chi connectivity index (χ3v) is 5.44. The average Bonchev–Trinajstić information content (AvgIpc) is 2.59. The normalized spacial score (nSPS) is 30.5. The third-order valence-electron chi connectivity index (χ3n) is 5.44. The van der Waals surface area contributed by atoms with Gasteiger partial charge in [0.15, 0.2) is 0 Å². The summed E-state index contributed by atoms with van der Waals surface area (Å²) in [6.45, 7) is 8.46. The van der Waals surface area contributed by atoms with Crippen molar-refractivity contribution in [2.75, 3.05) is 27.6 Å². The Morgan fingerprint density at radius 2 is 1.46 bits per heavy atom. The average molecular weight is 336 g/mol. The standard InChI is InChI=1S/C20H32O4/c1-14-15(2)19(24-20(16(14)3)12-23-13-22-5)10-17-6-8-18(9-7-17)11-21-4/h6-9,14-16,19-20H,10-13H2,1-5H3/t14-,15?,16-,19+,20?/m1/s1. The second-order valence-corrected chi connectivity index (χ2v) is 7.02. The van der Waals surface area contributed by atoms with Gasteiger partial charge >= 0.3 is 0 Å². The molecule has 4 nitrogen and oxygen atoms in total. The number of benzene rings is 1. The summed E-state index contributed by atoms with van der Waals surface area (Å²) in [7, 11) is 3.37. The maximum Gasteiger partial charge on any atom is 0.146 e. The lowest BCUT2D eigenvalue weighted by Gasteiger charge is -2.44. The van der Waals surface area contributed by atoms with Crippen LogP contribution in [0.1, 0.15) is 31.9 Å². The molecule has 0 amide bonds. The molecule has 0 spiro atoms. The van der Waals surface area contributed by atoms with Gasteiger partial charge in [0.1, 0.15) is 6.79 Å². The molecule has 5 atom stereocenters. The largest absolute Gasteiger partial charge is 0.380 e. The van der Waals surface area contributed by atoms with Gasteiger partial charge in [0.25, 0.3) is 0 Å². The molecule has 1 aromatic rings. The van der Waals surface area contributed by atoms with Gasteiger partial charge in [0.2, 0.25) is 0 Å². The molecule has 1 aliphatic rings. The summed E-state index contributed by atoms with van der Waals surface area (Å²) < 4.78 is 22.1. The molecule has 0 radical (unpaired) electrons. The molecule has 1 saturated heterocycles. The van der Waals surface area contributed by atoms with Crippen molar-refractivity contribution in [3.63, 3.8) is 0 Å². The summed E-state index contributed by atoms with van der Waals surface area (Å²) in [5, 5.41) is 0. The molecule has 1 heterocycles. The fraction of sp³-hybridized carbons (Fsp3) is 0.700. The summed E-state index contributed by atoms with van der Waals surface area (Å²) in [5.41, 5.74) is 2.51. The molecule has 0 saturated carbocycles. The zero-order valence-corrected chi connectivity index (χ0v) is 15.7. The monoisotopic (exact) mass is 336 g/mol. The Hall–Kier alpha value is -0.940. The lowest BCUT2D eigenvalue weighted by molar-refractivity contribution is -0.168. The first-order chi connectivity index (χ1) is 11.6. The molecule has 136 valence electrons. The van der Waals surface area contributed by atoms with Gasteiger partial charge in [0, 0.05) is 14.2 Å². The van der Waals surface area contributed by atoms with Crippen LogP contribution in [0.15, 0.2) is 24.3 Å². The highest BCUT2D eigenvalue weighted by Gasteiger charge is 2.38. The number of hydrogen-bond donors (Lipinski definition) is 0. The highest BCUT2D eigenvalue weighted by Crippen LogP contribution is 2.36. The van der Waals surface area contributed by atoms with Gasteiger partial charge < -0.3 is 18.9 Å². The Morgan fingerprint density at radius 3 is 2.08 bits per heavy atom. The summed E-state index contributed by atoms with van der Waals surface area (Å²) in [6, 6.07) is 8.64. The minimum atomic E-state index is 0.129. The van der Waals surface area contributed by atoms with Crippen molar-refractivity contribution >= 4 is 0 Å². The first-order valence-corrected chi connectivity index (χ1v) is 8.85. The van der Waals surface area contributed by atoms with Crippen LogP contribution in [0.2, 0.25) is 0 Å². The van der Waals surface area contributed by atoms with E-state index in [1.165, 1.54) is 11.1 Å². The number of hydrogen-bond acceptors (Lipinski definition) is 4. The van der Waals surface area contributed by atoms with Gasteiger partial charge in [-0.3, -0.25) is 0 Å². The van der Waals surface area contributed by atoms with Crippen LogP contribution in [-0.4, -0.2) is 39.8 Å². The van der Waals surface area contributed by atoms with Gasteiger partial charge in [-0.25, -0.2) is 0 Å². The predicted molar refractivity (Wildman–Crippen MR) is 94.8 cm³/mol. The lowest BCUT2D eigenvalue weighted by atomic mass is 9.75. The van der Waals surface area contributed by atoms with E-state index in [1.807, 2.05) is 0 Å². The minimum Gasteiger partial charge on any atom is -0.380 e. The molecule has 4 heteroatoms. The van der Waals surface area contributed by atoms with E-state index in [9.17, 15) is 0 Å². The molecular weight excluding hydrogens is 304 g/mol. The zero-order valence-electron chi connectivity index (χ0n) is 15.7. The topological polar surface area (TPSA) is 36.9 Å². The second-order valence-electron chi connectivity index (χ2n) is 7.02. The van der Waals surface area contributed by atoms with Crippen LogP contribution in [0.3, 0.4) is 0 Å². The van der Waals surface area contributed by atoms with E-state index in [0.29, 0.717) is 37.8 Å². The van der Waals surface area contributed by atoms with Gasteiger partial charge in [-0.05, 0) is 35.3 Å². The van der Waals surface area contributed by atoms with E-state index in [2.05, 4.69) is 45.0 Å². The fourth-order valence-corrected chi connectivity index (χ4v) is 3.47. The SMILES string of the molecule is COCOCC1O[C@@H](Cc2ccc(COC)cc2)C(C)[C@@H](C)[C@H]1C. The first-order valence-electron chi connectivity index (χ1n) is 8.85. The molecule has 1 aromatic carbocycles. The molecule has 0 aliphatic carbocycles. The molecule has 1 fully saturated rings. The van der Waals surface area contributed by atoms with Crippen LogP contribution in [0, 0.1) is 17.8 Å². The maximum atomic E-state index is 6.40. The maximum absolute atomic E-state index is 6.40. The molecular formula is C20H32O4. The van der Waals surface area contributed by atoms with E-state index in [4.69, 9.17) is 18.9 Å². The number of ether oxygens (including phenoxy) is 4. The smallest absolute Gasteiger partial charge is 0.146 e. The molecule has 1 aliphatic heterocycles. The quantitative estimate of drug-likeness (QED) is 0.536. The minimum absolute atomic E-state index is 0.129. The van der Waals surface area contributed by atoms with Crippen molar-refractivity contribution in [3.05, 3.63) is 35.4 Å². The summed E-state index contributed by atoms with van der Waals surface area (Å²) in [6.07, 6.45) is 1.29. The van der Waals surface area contributed by atoms with Crippen LogP contribution in [0.5, 0.6) is 0 Å². The molecule has 0 N–H and O–H groups in total. The van der Waals surface area contributed by atoms with E-state index in [0.717, 1.165) is 6.42 Å². The Labute approximate surface area is 146 Å². The van der Waals surface area contributed by atoms with Crippen LogP contribution in [0.25, 0.3) is 0 Å². The first kappa shape index (κ1) is 19.4. The van der Waals surface area contributed by atoms with Crippen molar-refractivity contribution in [1.29, 1.82) is 0 Å². The lowest BCUT2D eigenvalue weighted by Crippen LogP contribution is -2.47. The second kappa shape index (κ2) is 9.52. The summed E-state index contributed by atoms with van der Waals surface area (Å²) >= 11 is 0. The van der Waals surface area contributed by atoms with Crippen LogP contribution in [-0.2, 0) is 32.0 Å². The summed E-state index contributed by atoms with van der Waals surface area (Å²) in [4.78, 5) is 0. The van der Waals surface area contributed by atoms with Crippen molar-refractivity contribution in [1.82, 2.24) is 0 Å². The van der Waals surface area contributed by atoms with Gasteiger partial charge in [-0.1, -0.05) is 45.0 Å². The number of methoxy groups -OCH3 is 2. The van der Waals surface area contributed by atoms with E-state index < -0.39 is 0 Å². The molecule has 24 heavy (non-hydrogen) atoms. The molecule has 2 rings (SSSR count). The highest BCUT2D eigenvalue weighted by molar-refractivity contribution is 5.23. The Balaban J connectivity index is 1.99. The Kier molecular flexibility index (Phi) is 7.69. The van der Waals surface area contributed by atoms with Crippen molar-refractivity contribution in [2.24, 2.45) is 17.8 Å². The Bertz CT molecular complexity index is 473. The van der Waals surface area contributed by atoms with E-state index in [1.54, 1.807) is 14.2 Å². The fourth-order valence-electron chi connectivity index (χ4n) is 3.47. The van der Waals surface area contributed by atoms with E-state index >= 15 is 0 Å². The van der Waals surface area contributed by atoms with Crippen molar-refractivity contribution in [2.45, 2.75) is 46.0 Å². The molecule has 2 unspecified atom stereocenters. The zero-order chi connectivity index (χ0) is 17.5. The van der Waals surface area contributed by atoms with E-state index in [-0.39, 0.29) is 12.2 Å². The molecule has 0 aromatic heterocycles. The van der Waals surface area contributed by atoms with Crippen molar-refractivity contribution < 1.29 is 18.9 Å². The third kappa shape index (κ3) is 5.03. The van der Waals surface area contributed by atoms with Crippen molar-refractivity contribution in [3.8, 4) is 0 Å². The van der Waals surface area contributed by atoms with Crippen LogP contribution >= 0.6 is 0 Å². The van der Waals surface area contributed by atoms with Gasteiger partial charge in [0.05, 0.1) is 25.4 Å². The number of rotatable bonds is 8.